The molecule has 2 aromatic carbocycles. The average Bonchev–Trinajstić information content (AvgIpc) is 2.79. The van der Waals surface area contributed by atoms with Gasteiger partial charge in [0.1, 0.15) is 4.99 Å². The molecule has 2 aromatic rings. The number of rotatable bonds is 3. The number of thiocarbonyl (C=S) groups is 1. The first-order valence-electron chi connectivity index (χ1n) is 7.71. The summed E-state index contributed by atoms with van der Waals surface area (Å²) in [5.41, 5.74) is 1.84. The number of nitrogens with zero attached hydrogens (tertiary/aromatic N) is 2. The highest BCUT2D eigenvalue weighted by atomic mass is 32.1. The van der Waals surface area contributed by atoms with E-state index in [0.717, 1.165) is 17.7 Å². The van der Waals surface area contributed by atoms with Gasteiger partial charge in [0.25, 0.3) is 0 Å². The highest BCUT2D eigenvalue weighted by molar-refractivity contribution is 7.80. The molecule has 1 heterocycles. The third-order valence-corrected chi connectivity index (χ3v) is 4.76. The fourth-order valence-corrected chi connectivity index (χ4v) is 3.38. The van der Waals surface area contributed by atoms with E-state index in [1.807, 2.05) is 55.5 Å². The van der Waals surface area contributed by atoms with Crippen LogP contribution in [0, 0.1) is 5.92 Å². The SMILES string of the molecule is CC1=NN(C(=S)c2ccccc2)[C@](C)(O)[C@H]1Cc1ccccc1. The summed E-state index contributed by atoms with van der Waals surface area (Å²) in [5.74, 6) is -0.0911. The van der Waals surface area contributed by atoms with Crippen LogP contribution in [-0.4, -0.2) is 26.5 Å². The summed E-state index contributed by atoms with van der Waals surface area (Å²) in [7, 11) is 0. The molecule has 0 amide bonds. The highest BCUT2D eigenvalue weighted by Gasteiger charge is 2.46. The molecular formula is C19H20N2OS. The Hall–Kier alpha value is -2.04. The van der Waals surface area contributed by atoms with E-state index in [9.17, 15) is 5.11 Å². The maximum absolute atomic E-state index is 11.1. The topological polar surface area (TPSA) is 35.8 Å². The minimum Gasteiger partial charge on any atom is -0.369 e. The lowest BCUT2D eigenvalue weighted by Gasteiger charge is -2.34. The van der Waals surface area contributed by atoms with Crippen LogP contribution < -0.4 is 0 Å². The van der Waals surface area contributed by atoms with E-state index in [2.05, 4.69) is 17.2 Å². The van der Waals surface area contributed by atoms with Gasteiger partial charge in [0.15, 0.2) is 5.72 Å². The van der Waals surface area contributed by atoms with Crippen molar-refractivity contribution >= 4 is 22.9 Å². The van der Waals surface area contributed by atoms with Crippen LogP contribution in [0.5, 0.6) is 0 Å². The fourth-order valence-electron chi connectivity index (χ4n) is 3.02. The number of hydrazone groups is 1. The van der Waals surface area contributed by atoms with Crippen LogP contribution in [0.2, 0.25) is 0 Å². The van der Waals surface area contributed by atoms with Gasteiger partial charge in [0.2, 0.25) is 0 Å². The Labute approximate surface area is 142 Å². The van der Waals surface area contributed by atoms with Crippen molar-refractivity contribution in [3.63, 3.8) is 0 Å². The van der Waals surface area contributed by atoms with Gasteiger partial charge < -0.3 is 5.11 Å². The van der Waals surface area contributed by atoms with E-state index in [1.165, 1.54) is 5.56 Å². The van der Waals surface area contributed by atoms with Gasteiger partial charge in [0, 0.05) is 11.3 Å². The minimum atomic E-state index is -1.13. The molecule has 3 nitrogen and oxygen atoms in total. The van der Waals surface area contributed by atoms with Gasteiger partial charge >= 0.3 is 0 Å². The summed E-state index contributed by atoms with van der Waals surface area (Å²) >= 11 is 5.56. The van der Waals surface area contributed by atoms with Gasteiger partial charge in [-0.05, 0) is 25.8 Å². The average molecular weight is 324 g/mol. The summed E-state index contributed by atoms with van der Waals surface area (Å²) in [5, 5.41) is 17.2. The van der Waals surface area contributed by atoms with Gasteiger partial charge in [-0.1, -0.05) is 72.9 Å². The van der Waals surface area contributed by atoms with Gasteiger partial charge in [-0.3, -0.25) is 0 Å². The second kappa shape index (κ2) is 6.22. The third-order valence-electron chi connectivity index (χ3n) is 4.35. The monoisotopic (exact) mass is 324 g/mol. The molecule has 1 N–H and O–H groups in total. The summed E-state index contributed by atoms with van der Waals surface area (Å²) in [6, 6.07) is 19.9. The Morgan fingerprint density at radius 1 is 1.13 bits per heavy atom. The van der Waals surface area contributed by atoms with E-state index in [0.29, 0.717) is 4.99 Å². The molecule has 2 atom stereocenters. The Morgan fingerprint density at radius 3 is 2.30 bits per heavy atom. The van der Waals surface area contributed by atoms with Gasteiger partial charge in [-0.2, -0.15) is 5.10 Å². The molecule has 1 aliphatic heterocycles. The van der Waals surface area contributed by atoms with E-state index in [1.54, 1.807) is 11.9 Å². The zero-order valence-corrected chi connectivity index (χ0v) is 14.1. The molecule has 0 radical (unpaired) electrons. The molecule has 23 heavy (non-hydrogen) atoms. The second-order valence-corrected chi connectivity index (χ2v) is 6.45. The number of hydrogen-bond donors (Lipinski definition) is 1. The predicted octanol–water partition coefficient (Wildman–Crippen LogP) is 3.62. The smallest absolute Gasteiger partial charge is 0.165 e. The summed E-state index contributed by atoms with van der Waals surface area (Å²) in [6.07, 6.45) is 0.733. The van der Waals surface area contributed by atoms with E-state index in [4.69, 9.17) is 12.2 Å². The van der Waals surface area contributed by atoms with Crippen LogP contribution in [0.4, 0.5) is 0 Å². The molecule has 0 fully saturated rings. The lowest BCUT2D eigenvalue weighted by molar-refractivity contribution is -0.0636. The first-order chi connectivity index (χ1) is 11.0. The van der Waals surface area contributed by atoms with E-state index < -0.39 is 5.72 Å². The van der Waals surface area contributed by atoms with Crippen molar-refractivity contribution in [3.8, 4) is 0 Å². The summed E-state index contributed by atoms with van der Waals surface area (Å²) in [4.78, 5) is 0.547. The standard InChI is InChI=1S/C19H20N2OS/c1-14-17(13-15-9-5-3-6-10-15)19(2,22)21(20-14)18(23)16-11-7-4-8-12-16/h3-12,17,22H,13H2,1-2H3/t17-,19+/m0/s1. The van der Waals surface area contributed by atoms with E-state index in [-0.39, 0.29) is 5.92 Å². The van der Waals surface area contributed by atoms with Crippen molar-refractivity contribution in [1.82, 2.24) is 5.01 Å². The molecule has 1 aliphatic rings. The molecule has 3 rings (SSSR count). The van der Waals surface area contributed by atoms with Gasteiger partial charge in [0.05, 0.1) is 5.92 Å². The van der Waals surface area contributed by atoms with Crippen LogP contribution in [0.1, 0.15) is 25.0 Å². The summed E-state index contributed by atoms with van der Waals surface area (Å²) in [6.45, 7) is 3.74. The Morgan fingerprint density at radius 2 is 1.70 bits per heavy atom. The van der Waals surface area contributed by atoms with Crippen LogP contribution >= 0.6 is 12.2 Å². The third kappa shape index (κ3) is 3.05. The fraction of sp³-hybridized carbons (Fsp3) is 0.263. The molecule has 4 heteroatoms. The first kappa shape index (κ1) is 15.8. The number of benzene rings is 2. The quantitative estimate of drug-likeness (QED) is 0.876. The highest BCUT2D eigenvalue weighted by Crippen LogP contribution is 2.34. The lowest BCUT2D eigenvalue weighted by atomic mass is 9.87. The molecule has 0 saturated carbocycles. The van der Waals surface area contributed by atoms with Gasteiger partial charge in [-0.15, -0.1) is 0 Å². The number of hydrogen-bond acceptors (Lipinski definition) is 3. The van der Waals surface area contributed by atoms with E-state index >= 15 is 0 Å². The molecule has 0 saturated heterocycles. The van der Waals surface area contributed by atoms with Crippen molar-refractivity contribution in [2.75, 3.05) is 0 Å². The molecule has 0 spiro atoms. The van der Waals surface area contributed by atoms with Crippen molar-refractivity contribution in [1.29, 1.82) is 0 Å². The Kier molecular flexibility index (Phi) is 4.28. The van der Waals surface area contributed by atoms with Crippen molar-refractivity contribution in [3.05, 3.63) is 71.8 Å². The maximum atomic E-state index is 11.1. The number of aliphatic hydroxyl groups is 1. The molecule has 0 bridgehead atoms. The zero-order valence-electron chi connectivity index (χ0n) is 13.3. The van der Waals surface area contributed by atoms with Crippen LogP contribution in [-0.2, 0) is 6.42 Å². The van der Waals surface area contributed by atoms with Crippen LogP contribution in [0.15, 0.2) is 65.8 Å². The zero-order chi connectivity index (χ0) is 16.4. The first-order valence-corrected chi connectivity index (χ1v) is 8.12. The van der Waals surface area contributed by atoms with Crippen molar-refractivity contribution in [2.45, 2.75) is 26.0 Å². The lowest BCUT2D eigenvalue weighted by Crippen LogP contribution is -2.49. The van der Waals surface area contributed by atoms with Gasteiger partial charge in [-0.25, -0.2) is 5.01 Å². The normalized spacial score (nSPS) is 23.7. The molecule has 0 aliphatic carbocycles. The maximum Gasteiger partial charge on any atom is 0.165 e. The van der Waals surface area contributed by atoms with Crippen LogP contribution in [0.25, 0.3) is 0 Å². The largest absolute Gasteiger partial charge is 0.369 e. The Balaban J connectivity index is 1.86. The second-order valence-electron chi connectivity index (χ2n) is 6.06. The predicted molar refractivity (Wildman–Crippen MR) is 97.3 cm³/mol. The molecule has 0 aromatic heterocycles. The molecule has 0 unspecified atom stereocenters. The minimum absolute atomic E-state index is 0.0911. The Bertz CT molecular complexity index is 726. The molecular weight excluding hydrogens is 304 g/mol. The summed E-state index contributed by atoms with van der Waals surface area (Å²) < 4.78 is 0. The molecule has 118 valence electrons. The van der Waals surface area contributed by atoms with Crippen molar-refractivity contribution in [2.24, 2.45) is 11.0 Å². The van der Waals surface area contributed by atoms with Crippen LogP contribution in [0.3, 0.4) is 0 Å². The van der Waals surface area contributed by atoms with Crippen molar-refractivity contribution < 1.29 is 5.11 Å².